The molecule has 1 unspecified atom stereocenters. The highest BCUT2D eigenvalue weighted by Crippen LogP contribution is 2.01. The number of carbonyl (C=O) groups is 1. The van der Waals surface area contributed by atoms with E-state index in [1.807, 2.05) is 7.05 Å². The molecule has 1 fully saturated rings. The third-order valence-corrected chi connectivity index (χ3v) is 2.38. The van der Waals surface area contributed by atoms with Crippen LogP contribution in [0.5, 0.6) is 0 Å². The second-order valence-electron chi connectivity index (χ2n) is 3.87. The standard InChI is InChI=1S/C11H19N3O2/c1-3-4-12-8-11(15)13-7-10-9-14(2)5-6-16-10/h1,10,12H,4-9H2,2H3,(H,13,15). The summed E-state index contributed by atoms with van der Waals surface area (Å²) in [6, 6.07) is 0. The summed E-state index contributed by atoms with van der Waals surface area (Å²) in [4.78, 5) is 13.5. The molecule has 0 aromatic heterocycles. The van der Waals surface area contributed by atoms with Gasteiger partial charge in [0.2, 0.25) is 5.91 Å². The van der Waals surface area contributed by atoms with Crippen LogP contribution in [0.15, 0.2) is 0 Å². The number of amides is 1. The maximum absolute atomic E-state index is 11.3. The summed E-state index contributed by atoms with van der Waals surface area (Å²) >= 11 is 0. The predicted octanol–water partition coefficient (Wildman–Crippen LogP) is -1.34. The van der Waals surface area contributed by atoms with Gasteiger partial charge in [-0.3, -0.25) is 10.1 Å². The molecule has 1 saturated heterocycles. The van der Waals surface area contributed by atoms with Crippen LogP contribution >= 0.6 is 0 Å². The van der Waals surface area contributed by atoms with Crippen molar-refractivity contribution in [3.63, 3.8) is 0 Å². The summed E-state index contributed by atoms with van der Waals surface area (Å²) in [7, 11) is 2.05. The summed E-state index contributed by atoms with van der Waals surface area (Å²) in [5.74, 6) is 2.36. The van der Waals surface area contributed by atoms with Crippen LogP contribution in [0.1, 0.15) is 0 Å². The second kappa shape index (κ2) is 7.23. The van der Waals surface area contributed by atoms with Gasteiger partial charge >= 0.3 is 0 Å². The van der Waals surface area contributed by atoms with Crippen molar-refractivity contribution in [1.29, 1.82) is 0 Å². The molecule has 1 amide bonds. The molecule has 0 aromatic rings. The Balaban J connectivity index is 2.09. The van der Waals surface area contributed by atoms with Crippen molar-refractivity contribution in [1.82, 2.24) is 15.5 Å². The summed E-state index contributed by atoms with van der Waals surface area (Å²) in [6.07, 6.45) is 5.14. The zero-order valence-electron chi connectivity index (χ0n) is 9.66. The van der Waals surface area contributed by atoms with Crippen LogP contribution in [-0.2, 0) is 9.53 Å². The molecule has 90 valence electrons. The highest BCUT2D eigenvalue weighted by molar-refractivity contribution is 5.78. The number of hydrogen-bond acceptors (Lipinski definition) is 4. The fourth-order valence-electron chi connectivity index (χ4n) is 1.53. The van der Waals surface area contributed by atoms with Crippen LogP contribution < -0.4 is 10.6 Å². The lowest BCUT2D eigenvalue weighted by Gasteiger charge is -2.30. The minimum Gasteiger partial charge on any atom is -0.374 e. The first-order valence-corrected chi connectivity index (χ1v) is 5.43. The first kappa shape index (κ1) is 13.0. The van der Waals surface area contributed by atoms with Gasteiger partial charge in [-0.15, -0.1) is 6.42 Å². The quantitative estimate of drug-likeness (QED) is 0.449. The number of rotatable bonds is 5. The van der Waals surface area contributed by atoms with Gasteiger partial charge in [0.15, 0.2) is 0 Å². The van der Waals surface area contributed by atoms with E-state index in [9.17, 15) is 4.79 Å². The average molecular weight is 225 g/mol. The Morgan fingerprint density at radius 3 is 3.19 bits per heavy atom. The van der Waals surface area contributed by atoms with Gasteiger partial charge in [0.05, 0.1) is 25.8 Å². The first-order chi connectivity index (χ1) is 7.72. The molecule has 0 spiro atoms. The minimum atomic E-state index is -0.0490. The van der Waals surface area contributed by atoms with E-state index in [2.05, 4.69) is 21.5 Å². The summed E-state index contributed by atoms with van der Waals surface area (Å²) in [5, 5.41) is 5.64. The van der Waals surface area contributed by atoms with Gasteiger partial charge in [-0.05, 0) is 7.05 Å². The Bertz CT molecular complexity index is 262. The second-order valence-corrected chi connectivity index (χ2v) is 3.87. The number of likely N-dealkylation sites (N-methyl/N-ethyl adjacent to an activating group) is 1. The van der Waals surface area contributed by atoms with E-state index in [0.29, 0.717) is 13.1 Å². The Morgan fingerprint density at radius 2 is 2.50 bits per heavy atom. The van der Waals surface area contributed by atoms with Crippen LogP contribution in [-0.4, -0.2) is 63.3 Å². The molecule has 0 aromatic carbocycles. The van der Waals surface area contributed by atoms with Crippen molar-refractivity contribution >= 4 is 5.91 Å². The molecule has 2 N–H and O–H groups in total. The Kier molecular flexibility index (Phi) is 5.86. The molecule has 16 heavy (non-hydrogen) atoms. The van der Waals surface area contributed by atoms with Gasteiger partial charge in [-0.25, -0.2) is 0 Å². The van der Waals surface area contributed by atoms with Crippen molar-refractivity contribution in [2.45, 2.75) is 6.10 Å². The number of carbonyl (C=O) groups excluding carboxylic acids is 1. The average Bonchev–Trinajstić information content (AvgIpc) is 2.27. The monoisotopic (exact) mass is 225 g/mol. The molecule has 1 aliphatic heterocycles. The fraction of sp³-hybridized carbons (Fsp3) is 0.727. The molecule has 1 heterocycles. The van der Waals surface area contributed by atoms with Gasteiger partial charge in [-0.2, -0.15) is 0 Å². The van der Waals surface area contributed by atoms with Crippen molar-refractivity contribution in [3.8, 4) is 12.3 Å². The van der Waals surface area contributed by atoms with E-state index in [1.54, 1.807) is 0 Å². The van der Waals surface area contributed by atoms with E-state index in [-0.39, 0.29) is 18.6 Å². The van der Waals surface area contributed by atoms with E-state index < -0.39 is 0 Å². The molecular formula is C11H19N3O2. The zero-order valence-corrected chi connectivity index (χ0v) is 9.66. The van der Waals surface area contributed by atoms with Crippen molar-refractivity contribution in [3.05, 3.63) is 0 Å². The van der Waals surface area contributed by atoms with Gasteiger partial charge < -0.3 is 15.0 Å². The maximum Gasteiger partial charge on any atom is 0.234 e. The topological polar surface area (TPSA) is 53.6 Å². The normalized spacial score (nSPS) is 21.4. The molecule has 5 heteroatoms. The minimum absolute atomic E-state index is 0.0490. The van der Waals surface area contributed by atoms with Crippen LogP contribution in [0.3, 0.4) is 0 Å². The van der Waals surface area contributed by atoms with E-state index in [1.165, 1.54) is 0 Å². The number of terminal acetylenes is 1. The third-order valence-electron chi connectivity index (χ3n) is 2.38. The summed E-state index contributed by atoms with van der Waals surface area (Å²) in [6.45, 7) is 3.77. The highest BCUT2D eigenvalue weighted by atomic mass is 16.5. The Labute approximate surface area is 96.5 Å². The highest BCUT2D eigenvalue weighted by Gasteiger charge is 2.17. The van der Waals surface area contributed by atoms with E-state index in [4.69, 9.17) is 11.2 Å². The smallest absolute Gasteiger partial charge is 0.234 e. The summed E-state index contributed by atoms with van der Waals surface area (Å²) < 4.78 is 5.52. The van der Waals surface area contributed by atoms with Crippen molar-refractivity contribution in [2.75, 3.05) is 46.4 Å². The third kappa shape index (κ3) is 5.12. The molecule has 5 nitrogen and oxygen atoms in total. The van der Waals surface area contributed by atoms with Gasteiger partial charge in [0, 0.05) is 19.6 Å². The maximum atomic E-state index is 11.3. The number of ether oxygens (including phenoxy) is 1. The van der Waals surface area contributed by atoms with Crippen LogP contribution in [0.4, 0.5) is 0 Å². The van der Waals surface area contributed by atoms with Crippen LogP contribution in [0, 0.1) is 12.3 Å². The zero-order chi connectivity index (χ0) is 11.8. The van der Waals surface area contributed by atoms with Crippen LogP contribution in [0.25, 0.3) is 0 Å². The van der Waals surface area contributed by atoms with Crippen molar-refractivity contribution in [2.24, 2.45) is 0 Å². The SMILES string of the molecule is C#CCNCC(=O)NCC1CN(C)CCO1. The first-order valence-electron chi connectivity index (χ1n) is 5.43. The molecule has 1 aliphatic rings. The largest absolute Gasteiger partial charge is 0.374 e. The van der Waals surface area contributed by atoms with E-state index in [0.717, 1.165) is 19.7 Å². The molecule has 1 atom stereocenters. The number of morpholine rings is 1. The molecule has 0 bridgehead atoms. The van der Waals surface area contributed by atoms with Gasteiger partial charge in [0.25, 0.3) is 0 Å². The molecule has 0 aliphatic carbocycles. The predicted molar refractivity (Wildman–Crippen MR) is 61.9 cm³/mol. The van der Waals surface area contributed by atoms with E-state index >= 15 is 0 Å². The molecule has 0 saturated carbocycles. The Morgan fingerprint density at radius 1 is 1.69 bits per heavy atom. The van der Waals surface area contributed by atoms with Gasteiger partial charge in [0.1, 0.15) is 0 Å². The lowest BCUT2D eigenvalue weighted by Crippen LogP contribution is -2.47. The number of nitrogens with zero attached hydrogens (tertiary/aromatic N) is 1. The summed E-state index contributed by atoms with van der Waals surface area (Å²) in [5.41, 5.74) is 0. The van der Waals surface area contributed by atoms with Crippen molar-refractivity contribution < 1.29 is 9.53 Å². The lowest BCUT2D eigenvalue weighted by atomic mass is 10.3. The lowest BCUT2D eigenvalue weighted by molar-refractivity contribution is -0.121. The fourth-order valence-corrected chi connectivity index (χ4v) is 1.53. The molecular weight excluding hydrogens is 206 g/mol. The van der Waals surface area contributed by atoms with Crippen LogP contribution in [0.2, 0.25) is 0 Å². The Hall–Kier alpha value is -1.09. The molecule has 0 radical (unpaired) electrons. The number of hydrogen-bond donors (Lipinski definition) is 2. The number of nitrogens with one attached hydrogen (secondary N) is 2. The molecule has 1 rings (SSSR count). The van der Waals surface area contributed by atoms with Gasteiger partial charge in [-0.1, -0.05) is 5.92 Å².